The van der Waals surface area contributed by atoms with Crippen molar-refractivity contribution in [2.24, 2.45) is 5.84 Å². The molecule has 0 amide bonds. The Balaban J connectivity index is 2.24. The molecule has 0 radical (unpaired) electrons. The zero-order valence-corrected chi connectivity index (χ0v) is 9.48. The average molecular weight is 250 g/mol. The second-order valence-electron chi connectivity index (χ2n) is 3.74. The van der Waals surface area contributed by atoms with Gasteiger partial charge in [-0.2, -0.15) is 0 Å². The summed E-state index contributed by atoms with van der Waals surface area (Å²) < 4.78 is 26.6. The summed E-state index contributed by atoms with van der Waals surface area (Å²) in [4.78, 5) is 8.06. The van der Waals surface area contributed by atoms with E-state index < -0.39 is 17.7 Å². The van der Waals surface area contributed by atoms with E-state index in [-0.39, 0.29) is 12.0 Å². The van der Waals surface area contributed by atoms with Crippen LogP contribution in [0.15, 0.2) is 36.7 Å². The van der Waals surface area contributed by atoms with Gasteiger partial charge in [-0.3, -0.25) is 5.84 Å². The second-order valence-corrected chi connectivity index (χ2v) is 3.74. The lowest BCUT2D eigenvalue weighted by molar-refractivity contribution is 0.473. The van der Waals surface area contributed by atoms with Gasteiger partial charge < -0.3 is 0 Å². The van der Waals surface area contributed by atoms with Gasteiger partial charge in [0.1, 0.15) is 5.82 Å². The van der Waals surface area contributed by atoms with E-state index in [1.54, 1.807) is 18.5 Å². The molecule has 1 aromatic carbocycles. The Labute approximate surface area is 103 Å². The van der Waals surface area contributed by atoms with Gasteiger partial charge in [0, 0.05) is 12.4 Å². The van der Waals surface area contributed by atoms with E-state index in [2.05, 4.69) is 15.4 Å². The Hall–Kier alpha value is -1.92. The fraction of sp³-hybridized carbons (Fsp3) is 0.167. The molecule has 2 rings (SSSR count). The van der Waals surface area contributed by atoms with Gasteiger partial charge in [0.2, 0.25) is 0 Å². The maximum Gasteiger partial charge on any atom is 0.162 e. The van der Waals surface area contributed by atoms with Crippen LogP contribution in [0.5, 0.6) is 0 Å². The maximum absolute atomic E-state index is 13.5. The molecule has 94 valence electrons. The zero-order valence-electron chi connectivity index (χ0n) is 9.48. The molecule has 0 fully saturated rings. The lowest BCUT2D eigenvalue weighted by Gasteiger charge is -2.14. The van der Waals surface area contributed by atoms with Crippen molar-refractivity contribution in [1.82, 2.24) is 15.4 Å². The minimum absolute atomic E-state index is 0.171. The summed E-state index contributed by atoms with van der Waals surface area (Å²) in [7, 11) is 0. The predicted octanol–water partition coefficient (Wildman–Crippen LogP) is 1.50. The normalized spacial score (nSPS) is 12.4. The number of nitrogens with two attached hydrogens (primary N) is 1. The minimum atomic E-state index is -0.878. The van der Waals surface area contributed by atoms with E-state index >= 15 is 0 Å². The number of hydrazine groups is 1. The van der Waals surface area contributed by atoms with Gasteiger partial charge in [0.05, 0.1) is 6.04 Å². The number of halogens is 2. The third-order valence-corrected chi connectivity index (χ3v) is 2.55. The first-order valence-corrected chi connectivity index (χ1v) is 5.38. The number of hydrogen-bond donors (Lipinski definition) is 2. The molecule has 0 spiro atoms. The summed E-state index contributed by atoms with van der Waals surface area (Å²) >= 11 is 0. The van der Waals surface area contributed by atoms with Crippen LogP contribution >= 0.6 is 0 Å². The molecule has 0 bridgehead atoms. The van der Waals surface area contributed by atoms with E-state index in [0.717, 1.165) is 6.07 Å². The lowest BCUT2D eigenvalue weighted by atomic mass is 10.0. The lowest BCUT2D eigenvalue weighted by Crippen LogP contribution is -2.31. The van der Waals surface area contributed by atoms with Crippen LogP contribution in [0.3, 0.4) is 0 Å². The Kier molecular flexibility index (Phi) is 3.91. The van der Waals surface area contributed by atoms with Crippen LogP contribution in [0.4, 0.5) is 8.78 Å². The predicted molar refractivity (Wildman–Crippen MR) is 62.2 cm³/mol. The van der Waals surface area contributed by atoms with Crippen LogP contribution in [0, 0.1) is 11.6 Å². The third-order valence-electron chi connectivity index (χ3n) is 2.55. The highest BCUT2D eigenvalue weighted by Gasteiger charge is 2.16. The van der Waals surface area contributed by atoms with Gasteiger partial charge in [0.25, 0.3) is 0 Å². The van der Waals surface area contributed by atoms with E-state index in [9.17, 15) is 8.78 Å². The molecular formula is C12H12F2N4. The highest BCUT2D eigenvalue weighted by molar-refractivity contribution is 5.21. The summed E-state index contributed by atoms with van der Waals surface area (Å²) in [6.07, 6.45) is 3.30. The van der Waals surface area contributed by atoms with Crippen LogP contribution in [-0.4, -0.2) is 9.97 Å². The third kappa shape index (κ3) is 2.66. The summed E-state index contributed by atoms with van der Waals surface area (Å²) in [5, 5.41) is 0. The molecular weight excluding hydrogens is 238 g/mol. The largest absolute Gasteiger partial charge is 0.271 e. The number of rotatable bonds is 4. The molecule has 1 heterocycles. The first-order chi connectivity index (χ1) is 8.72. The monoisotopic (exact) mass is 250 g/mol. The van der Waals surface area contributed by atoms with Gasteiger partial charge >= 0.3 is 0 Å². The Bertz CT molecular complexity index is 519. The minimum Gasteiger partial charge on any atom is -0.271 e. The molecule has 0 saturated carbocycles. The number of aromatic nitrogens is 2. The SMILES string of the molecule is NNC(Cc1cccc(F)c1F)c1ncccn1. The van der Waals surface area contributed by atoms with Crippen molar-refractivity contribution >= 4 is 0 Å². The van der Waals surface area contributed by atoms with Crippen molar-refractivity contribution in [2.75, 3.05) is 0 Å². The molecule has 0 aliphatic rings. The number of hydrogen-bond acceptors (Lipinski definition) is 4. The Morgan fingerprint density at radius 1 is 1.17 bits per heavy atom. The van der Waals surface area contributed by atoms with Gasteiger partial charge in [0.15, 0.2) is 11.6 Å². The van der Waals surface area contributed by atoms with Crippen molar-refractivity contribution in [3.8, 4) is 0 Å². The standard InChI is InChI=1S/C12H12F2N4/c13-9-4-1-3-8(11(9)14)7-10(18-15)12-16-5-2-6-17-12/h1-6,10,18H,7,15H2. The summed E-state index contributed by atoms with van der Waals surface area (Å²) in [6.45, 7) is 0. The molecule has 1 aromatic heterocycles. The van der Waals surface area contributed by atoms with E-state index in [1.165, 1.54) is 12.1 Å². The van der Waals surface area contributed by atoms with Crippen LogP contribution in [0.2, 0.25) is 0 Å². The molecule has 18 heavy (non-hydrogen) atoms. The fourth-order valence-corrected chi connectivity index (χ4v) is 1.64. The van der Waals surface area contributed by atoms with Crippen LogP contribution in [0.1, 0.15) is 17.4 Å². The smallest absolute Gasteiger partial charge is 0.162 e. The first-order valence-electron chi connectivity index (χ1n) is 5.38. The molecule has 4 nitrogen and oxygen atoms in total. The number of benzene rings is 1. The second kappa shape index (κ2) is 5.61. The Morgan fingerprint density at radius 3 is 2.56 bits per heavy atom. The number of nitrogens with one attached hydrogen (secondary N) is 1. The van der Waals surface area contributed by atoms with Crippen molar-refractivity contribution in [1.29, 1.82) is 0 Å². The molecule has 3 N–H and O–H groups in total. The van der Waals surface area contributed by atoms with Gasteiger partial charge in [-0.05, 0) is 24.1 Å². The average Bonchev–Trinajstić information content (AvgIpc) is 2.41. The number of nitrogens with zero attached hydrogens (tertiary/aromatic N) is 2. The summed E-state index contributed by atoms with van der Waals surface area (Å²) in [5.41, 5.74) is 2.73. The van der Waals surface area contributed by atoms with E-state index in [0.29, 0.717) is 5.82 Å². The molecule has 0 saturated heterocycles. The Morgan fingerprint density at radius 2 is 1.89 bits per heavy atom. The highest BCUT2D eigenvalue weighted by atomic mass is 19.2. The maximum atomic E-state index is 13.5. The van der Waals surface area contributed by atoms with Crippen LogP contribution in [0.25, 0.3) is 0 Å². The quantitative estimate of drug-likeness (QED) is 0.637. The van der Waals surface area contributed by atoms with Crippen molar-refractivity contribution < 1.29 is 8.78 Å². The van der Waals surface area contributed by atoms with E-state index in [1.807, 2.05) is 0 Å². The molecule has 1 unspecified atom stereocenters. The van der Waals surface area contributed by atoms with Crippen LogP contribution < -0.4 is 11.3 Å². The van der Waals surface area contributed by atoms with Gasteiger partial charge in [-0.25, -0.2) is 24.2 Å². The van der Waals surface area contributed by atoms with Crippen molar-refractivity contribution in [2.45, 2.75) is 12.5 Å². The summed E-state index contributed by atoms with van der Waals surface area (Å²) in [6, 6.07) is 5.23. The molecule has 1 atom stereocenters. The molecule has 2 aromatic rings. The molecule has 6 heteroatoms. The highest BCUT2D eigenvalue weighted by Crippen LogP contribution is 2.18. The zero-order chi connectivity index (χ0) is 13.0. The topological polar surface area (TPSA) is 63.8 Å². The van der Waals surface area contributed by atoms with Crippen molar-refractivity contribution in [3.05, 3.63) is 59.7 Å². The molecule has 0 aliphatic heterocycles. The van der Waals surface area contributed by atoms with Gasteiger partial charge in [-0.1, -0.05) is 12.1 Å². The fourth-order valence-electron chi connectivity index (χ4n) is 1.64. The van der Waals surface area contributed by atoms with Gasteiger partial charge in [-0.15, -0.1) is 0 Å². The van der Waals surface area contributed by atoms with Crippen molar-refractivity contribution in [3.63, 3.8) is 0 Å². The molecule has 0 aliphatic carbocycles. The first kappa shape index (κ1) is 12.5. The summed E-state index contributed by atoms with van der Waals surface area (Å²) in [5.74, 6) is 4.08. The van der Waals surface area contributed by atoms with Crippen LogP contribution in [-0.2, 0) is 6.42 Å². The van der Waals surface area contributed by atoms with E-state index in [4.69, 9.17) is 5.84 Å².